The van der Waals surface area contributed by atoms with Crippen molar-refractivity contribution >= 4 is 39.2 Å². The van der Waals surface area contributed by atoms with Gasteiger partial charge in [-0.25, -0.2) is 5.01 Å². The van der Waals surface area contributed by atoms with E-state index in [0.717, 1.165) is 14.7 Å². The molecule has 16 heavy (non-hydrogen) atoms. The Morgan fingerprint density at radius 3 is 2.88 bits per heavy atom. The number of thiocarbonyl (C=S) groups is 1. The van der Waals surface area contributed by atoms with Crippen LogP contribution in [0.2, 0.25) is 0 Å². The van der Waals surface area contributed by atoms with Crippen molar-refractivity contribution in [2.75, 3.05) is 14.1 Å². The fourth-order valence-electron chi connectivity index (χ4n) is 1.43. The van der Waals surface area contributed by atoms with Crippen molar-refractivity contribution in [3.05, 3.63) is 30.5 Å². The number of hydrazine groups is 1. The van der Waals surface area contributed by atoms with Crippen LogP contribution >= 0.6 is 24.0 Å². The molecule has 2 aromatic rings. The first-order chi connectivity index (χ1) is 7.66. The molecule has 0 aliphatic carbocycles. The monoisotopic (exact) mass is 251 g/mol. The van der Waals surface area contributed by atoms with Crippen LogP contribution in [0.3, 0.4) is 0 Å². The Labute approximate surface area is 104 Å². The van der Waals surface area contributed by atoms with Gasteiger partial charge in [0, 0.05) is 36.1 Å². The summed E-state index contributed by atoms with van der Waals surface area (Å²) in [5, 5.41) is 3.04. The summed E-state index contributed by atoms with van der Waals surface area (Å²) < 4.78 is 0.745. The van der Waals surface area contributed by atoms with Crippen molar-refractivity contribution < 1.29 is 0 Å². The highest BCUT2D eigenvalue weighted by molar-refractivity contribution is 8.23. The molecule has 0 saturated heterocycles. The van der Waals surface area contributed by atoms with Gasteiger partial charge in [-0.15, -0.1) is 0 Å². The van der Waals surface area contributed by atoms with Gasteiger partial charge in [0.05, 0.1) is 0 Å². The zero-order chi connectivity index (χ0) is 11.5. The normalized spacial score (nSPS) is 10.9. The molecule has 5 heteroatoms. The number of para-hydroxylation sites is 1. The number of nitrogens with one attached hydrogen (secondary N) is 2. The minimum Gasteiger partial charge on any atom is -0.360 e. The predicted octanol–water partition coefficient (Wildman–Crippen LogP) is 2.61. The molecule has 0 bridgehead atoms. The van der Waals surface area contributed by atoms with E-state index < -0.39 is 0 Å². The van der Waals surface area contributed by atoms with Crippen molar-refractivity contribution in [3.63, 3.8) is 0 Å². The molecule has 1 heterocycles. The number of hydrogen-bond donors (Lipinski definition) is 2. The molecule has 1 aromatic heterocycles. The van der Waals surface area contributed by atoms with Gasteiger partial charge in [-0.05, 0) is 6.07 Å². The summed E-state index contributed by atoms with van der Waals surface area (Å²) in [6, 6.07) is 8.20. The highest BCUT2D eigenvalue weighted by atomic mass is 32.2. The summed E-state index contributed by atoms with van der Waals surface area (Å²) in [4.78, 5) is 4.37. The molecule has 3 nitrogen and oxygen atoms in total. The van der Waals surface area contributed by atoms with Gasteiger partial charge in [0.2, 0.25) is 0 Å². The largest absolute Gasteiger partial charge is 0.360 e. The summed E-state index contributed by atoms with van der Waals surface area (Å²) in [6.45, 7) is 0. The molecular formula is C11H13N3S2. The molecule has 0 atom stereocenters. The Morgan fingerprint density at radius 1 is 1.38 bits per heavy atom. The molecule has 0 saturated carbocycles. The number of aromatic nitrogens is 1. The Hall–Kier alpha value is -1.04. The first-order valence-electron chi connectivity index (χ1n) is 4.89. The third-order valence-electron chi connectivity index (χ3n) is 2.07. The molecule has 0 amide bonds. The van der Waals surface area contributed by atoms with Crippen LogP contribution in [0, 0.1) is 0 Å². The number of rotatable bonds is 2. The quantitative estimate of drug-likeness (QED) is 0.488. The maximum absolute atomic E-state index is 5.24. The van der Waals surface area contributed by atoms with Gasteiger partial charge in [0.15, 0.2) is 4.32 Å². The molecule has 1 aromatic carbocycles. The molecule has 0 radical (unpaired) electrons. The SMILES string of the molecule is CN(C)NC(=S)Sc1c[nH]c2ccccc12. The van der Waals surface area contributed by atoms with Crippen LogP contribution in [0.5, 0.6) is 0 Å². The number of benzene rings is 1. The number of fused-ring (bicyclic) bond motifs is 1. The topological polar surface area (TPSA) is 31.1 Å². The second-order valence-electron chi connectivity index (χ2n) is 3.59. The molecule has 0 aliphatic rings. The highest BCUT2D eigenvalue weighted by Gasteiger charge is 2.06. The first-order valence-corrected chi connectivity index (χ1v) is 6.11. The third-order valence-corrected chi connectivity index (χ3v) is 3.24. The van der Waals surface area contributed by atoms with Gasteiger partial charge in [-0.3, -0.25) is 0 Å². The summed E-state index contributed by atoms with van der Waals surface area (Å²) >= 11 is 6.79. The Morgan fingerprint density at radius 2 is 2.12 bits per heavy atom. The number of H-pyrrole nitrogens is 1. The van der Waals surface area contributed by atoms with E-state index in [1.54, 1.807) is 11.8 Å². The molecule has 2 rings (SSSR count). The molecular weight excluding hydrogens is 238 g/mol. The molecule has 0 spiro atoms. The van der Waals surface area contributed by atoms with Crippen molar-refractivity contribution in [1.82, 2.24) is 15.4 Å². The van der Waals surface area contributed by atoms with Crippen molar-refractivity contribution in [2.24, 2.45) is 0 Å². The van der Waals surface area contributed by atoms with E-state index in [9.17, 15) is 0 Å². The Balaban J connectivity index is 2.18. The van der Waals surface area contributed by atoms with Crippen LogP contribution in [0.15, 0.2) is 35.4 Å². The zero-order valence-corrected chi connectivity index (χ0v) is 10.8. The Kier molecular flexibility index (Phi) is 3.48. The van der Waals surface area contributed by atoms with Gasteiger partial charge >= 0.3 is 0 Å². The standard InChI is InChI=1S/C11H13N3S2/c1-14(2)13-11(15)16-10-7-12-9-6-4-3-5-8(9)10/h3-7,12H,1-2H3,(H,13,15). The summed E-state index contributed by atoms with van der Waals surface area (Å²) in [5.41, 5.74) is 4.20. The molecule has 0 unspecified atom stereocenters. The van der Waals surface area contributed by atoms with Crippen LogP contribution in [-0.2, 0) is 0 Å². The number of hydrogen-bond acceptors (Lipinski definition) is 3. The second-order valence-corrected chi connectivity index (χ2v) is 5.31. The lowest BCUT2D eigenvalue weighted by atomic mass is 10.2. The van der Waals surface area contributed by atoms with Gasteiger partial charge in [0.25, 0.3) is 0 Å². The maximum atomic E-state index is 5.24. The highest BCUT2D eigenvalue weighted by Crippen LogP contribution is 2.27. The van der Waals surface area contributed by atoms with Crippen molar-refractivity contribution in [2.45, 2.75) is 4.90 Å². The second kappa shape index (κ2) is 4.86. The minimum absolute atomic E-state index is 0.745. The molecule has 2 N–H and O–H groups in total. The number of thioether (sulfide) groups is 1. The van der Waals surface area contributed by atoms with Crippen LogP contribution in [0.1, 0.15) is 0 Å². The van der Waals surface area contributed by atoms with E-state index in [-0.39, 0.29) is 0 Å². The third kappa shape index (κ3) is 2.55. The first kappa shape index (κ1) is 11.4. The molecule has 0 fully saturated rings. The lowest BCUT2D eigenvalue weighted by Crippen LogP contribution is -2.33. The van der Waals surface area contributed by atoms with Crippen LogP contribution in [0.25, 0.3) is 10.9 Å². The van der Waals surface area contributed by atoms with Crippen molar-refractivity contribution in [3.8, 4) is 0 Å². The summed E-state index contributed by atoms with van der Waals surface area (Å²) in [5.74, 6) is 0. The average molecular weight is 251 g/mol. The fraction of sp³-hybridized carbons (Fsp3) is 0.182. The smallest absolute Gasteiger partial charge is 0.153 e. The van der Waals surface area contributed by atoms with Crippen molar-refractivity contribution in [1.29, 1.82) is 0 Å². The number of aromatic amines is 1. The summed E-state index contributed by atoms with van der Waals surface area (Å²) in [6.07, 6.45) is 1.99. The van der Waals surface area contributed by atoms with E-state index in [1.165, 1.54) is 5.39 Å². The maximum Gasteiger partial charge on any atom is 0.153 e. The fourth-order valence-corrected chi connectivity index (χ4v) is 2.72. The lowest BCUT2D eigenvalue weighted by Gasteiger charge is -2.12. The van der Waals surface area contributed by atoms with Gasteiger partial charge in [0.1, 0.15) is 0 Å². The lowest BCUT2D eigenvalue weighted by molar-refractivity contribution is 0.368. The predicted molar refractivity (Wildman–Crippen MR) is 73.6 cm³/mol. The Bertz CT molecular complexity index is 505. The van der Waals surface area contributed by atoms with E-state index in [1.807, 2.05) is 37.4 Å². The average Bonchev–Trinajstić information content (AvgIpc) is 2.61. The van der Waals surface area contributed by atoms with Gasteiger partial charge < -0.3 is 10.4 Å². The van der Waals surface area contributed by atoms with Crippen LogP contribution < -0.4 is 5.43 Å². The molecule has 0 aliphatic heterocycles. The van der Waals surface area contributed by atoms with Gasteiger partial charge in [-0.2, -0.15) is 0 Å². The van der Waals surface area contributed by atoms with E-state index >= 15 is 0 Å². The number of nitrogens with zero attached hydrogens (tertiary/aromatic N) is 1. The van der Waals surface area contributed by atoms with Crippen LogP contribution in [-0.4, -0.2) is 28.4 Å². The van der Waals surface area contributed by atoms with E-state index in [0.29, 0.717) is 0 Å². The zero-order valence-electron chi connectivity index (χ0n) is 9.15. The van der Waals surface area contributed by atoms with Crippen LogP contribution in [0.4, 0.5) is 0 Å². The minimum atomic E-state index is 0.745. The van der Waals surface area contributed by atoms with E-state index in [2.05, 4.69) is 22.5 Å². The summed E-state index contributed by atoms with van der Waals surface area (Å²) in [7, 11) is 3.84. The van der Waals surface area contributed by atoms with Gasteiger partial charge in [-0.1, -0.05) is 42.2 Å². The van der Waals surface area contributed by atoms with E-state index in [4.69, 9.17) is 12.2 Å². The molecule has 84 valence electrons.